The lowest BCUT2D eigenvalue weighted by Gasteiger charge is -2.25. The zero-order chi connectivity index (χ0) is 26.8. The number of hydrogen-bond acceptors (Lipinski definition) is 7. The van der Waals surface area contributed by atoms with Gasteiger partial charge < -0.3 is 36.6 Å². The molecule has 198 valence electrons. The highest BCUT2D eigenvalue weighted by molar-refractivity contribution is 5.94. The minimum Gasteiger partial charge on any atom is -0.508 e. The van der Waals surface area contributed by atoms with E-state index in [0.29, 0.717) is 18.5 Å². The van der Waals surface area contributed by atoms with E-state index in [1.165, 1.54) is 12.1 Å². The fourth-order valence-corrected chi connectivity index (χ4v) is 4.05. The van der Waals surface area contributed by atoms with E-state index in [9.17, 15) is 34.5 Å². The Labute approximate surface area is 214 Å². The zero-order valence-electron chi connectivity index (χ0n) is 20.2. The fraction of sp³-hybridized carbons (Fsp3) is 0.385. The van der Waals surface area contributed by atoms with Gasteiger partial charge in [0, 0.05) is 12.8 Å². The van der Waals surface area contributed by atoms with Crippen LogP contribution in [0.5, 0.6) is 5.75 Å². The molecule has 0 saturated carbocycles. The number of aromatic hydroxyl groups is 1. The quantitative estimate of drug-likeness (QED) is 0.198. The van der Waals surface area contributed by atoms with Crippen molar-refractivity contribution in [3.63, 3.8) is 0 Å². The van der Waals surface area contributed by atoms with Crippen LogP contribution in [-0.2, 0) is 32.0 Å². The van der Waals surface area contributed by atoms with Gasteiger partial charge in [-0.15, -0.1) is 0 Å². The van der Waals surface area contributed by atoms with Crippen molar-refractivity contribution in [1.29, 1.82) is 0 Å². The standard InChI is InChI=1S/C26H32N4O7/c31-15-22(26(36)37)30-25(35)21(14-17-8-10-18(32)11-9-17)29-24(34)20(13-16-5-2-1-3-6-16)28-23(33)19-7-4-12-27-19/h1-3,5-6,8-11,19-22,27,31-32H,4,7,12-15H2,(H,28,33)(H,29,34)(H,30,35)(H,36,37). The van der Waals surface area contributed by atoms with Crippen molar-refractivity contribution in [3.05, 3.63) is 65.7 Å². The van der Waals surface area contributed by atoms with Crippen LogP contribution >= 0.6 is 0 Å². The number of nitrogens with one attached hydrogen (secondary N) is 4. The number of carboxylic acid groups (broad SMARTS) is 1. The van der Waals surface area contributed by atoms with Gasteiger partial charge in [-0.25, -0.2) is 4.79 Å². The predicted molar refractivity (Wildman–Crippen MR) is 133 cm³/mol. The lowest BCUT2D eigenvalue weighted by molar-refractivity contribution is -0.143. The maximum atomic E-state index is 13.4. The molecule has 3 amide bonds. The molecule has 0 aromatic heterocycles. The van der Waals surface area contributed by atoms with Gasteiger partial charge in [0.15, 0.2) is 0 Å². The molecule has 37 heavy (non-hydrogen) atoms. The van der Waals surface area contributed by atoms with Gasteiger partial charge in [0.05, 0.1) is 12.6 Å². The average Bonchev–Trinajstić information content (AvgIpc) is 3.43. The Bertz CT molecular complexity index is 1070. The Kier molecular flexibility index (Phi) is 9.99. The summed E-state index contributed by atoms with van der Waals surface area (Å²) in [5.41, 5.74) is 1.39. The number of aliphatic hydroxyl groups excluding tert-OH is 1. The van der Waals surface area contributed by atoms with Crippen LogP contribution in [0.1, 0.15) is 24.0 Å². The second-order valence-electron chi connectivity index (χ2n) is 8.91. The summed E-state index contributed by atoms with van der Waals surface area (Å²) < 4.78 is 0. The molecule has 11 heteroatoms. The normalized spacial score (nSPS) is 17.3. The number of hydrogen-bond donors (Lipinski definition) is 7. The molecule has 7 N–H and O–H groups in total. The minimum atomic E-state index is -1.56. The van der Waals surface area contributed by atoms with Crippen LogP contribution in [0.25, 0.3) is 0 Å². The van der Waals surface area contributed by atoms with E-state index < -0.39 is 48.6 Å². The molecule has 1 saturated heterocycles. The molecule has 2 aromatic carbocycles. The highest BCUT2D eigenvalue weighted by atomic mass is 16.4. The number of phenols is 1. The minimum absolute atomic E-state index is 0.0196. The van der Waals surface area contributed by atoms with Gasteiger partial charge >= 0.3 is 5.97 Å². The Morgan fingerprint density at radius 1 is 0.838 bits per heavy atom. The highest BCUT2D eigenvalue weighted by Crippen LogP contribution is 2.13. The number of aliphatic carboxylic acids is 1. The molecule has 3 rings (SSSR count). The number of amides is 3. The van der Waals surface area contributed by atoms with Crippen LogP contribution in [0.4, 0.5) is 0 Å². The van der Waals surface area contributed by atoms with Gasteiger partial charge in [-0.05, 0) is 42.6 Å². The third kappa shape index (κ3) is 8.29. The van der Waals surface area contributed by atoms with E-state index in [0.717, 1.165) is 12.0 Å². The van der Waals surface area contributed by atoms with Crippen molar-refractivity contribution >= 4 is 23.7 Å². The van der Waals surface area contributed by atoms with E-state index in [1.807, 2.05) is 30.3 Å². The van der Waals surface area contributed by atoms with Crippen LogP contribution in [0, 0.1) is 0 Å². The van der Waals surface area contributed by atoms with Crippen LogP contribution < -0.4 is 21.3 Å². The van der Waals surface area contributed by atoms with Gasteiger partial charge in [-0.1, -0.05) is 42.5 Å². The number of aliphatic hydroxyl groups is 1. The number of phenolic OH excluding ortho intramolecular Hbond substituents is 1. The van der Waals surface area contributed by atoms with Gasteiger partial charge in [-0.2, -0.15) is 0 Å². The third-order valence-corrected chi connectivity index (χ3v) is 6.10. The SMILES string of the molecule is O=C(O)C(CO)NC(=O)C(Cc1ccc(O)cc1)NC(=O)C(Cc1ccccc1)NC(=O)C1CCCN1. The first-order valence-electron chi connectivity index (χ1n) is 12.1. The smallest absolute Gasteiger partial charge is 0.328 e. The predicted octanol–water partition coefficient (Wildman–Crippen LogP) is -0.539. The Hall–Kier alpha value is -3.96. The number of rotatable bonds is 12. The molecule has 1 heterocycles. The second-order valence-corrected chi connectivity index (χ2v) is 8.91. The summed E-state index contributed by atoms with van der Waals surface area (Å²) in [5.74, 6) is -3.16. The summed E-state index contributed by atoms with van der Waals surface area (Å²) in [7, 11) is 0. The first kappa shape index (κ1) is 27.6. The molecule has 1 fully saturated rings. The number of benzene rings is 2. The molecular weight excluding hydrogens is 480 g/mol. The fourth-order valence-electron chi connectivity index (χ4n) is 4.05. The monoisotopic (exact) mass is 512 g/mol. The molecule has 1 aliphatic heterocycles. The first-order valence-corrected chi connectivity index (χ1v) is 12.1. The lowest BCUT2D eigenvalue weighted by Crippen LogP contribution is -2.58. The van der Waals surface area contributed by atoms with E-state index in [4.69, 9.17) is 0 Å². The van der Waals surface area contributed by atoms with Crippen LogP contribution in [0.3, 0.4) is 0 Å². The molecule has 0 spiro atoms. The van der Waals surface area contributed by atoms with Crippen LogP contribution in [0.2, 0.25) is 0 Å². The molecule has 0 bridgehead atoms. The molecule has 1 aliphatic rings. The van der Waals surface area contributed by atoms with Crippen LogP contribution in [0.15, 0.2) is 54.6 Å². The molecule has 4 unspecified atom stereocenters. The van der Waals surface area contributed by atoms with Crippen molar-refractivity contribution in [3.8, 4) is 5.75 Å². The average molecular weight is 513 g/mol. The molecule has 11 nitrogen and oxygen atoms in total. The number of carbonyl (C=O) groups excluding carboxylic acids is 3. The van der Waals surface area contributed by atoms with E-state index in [1.54, 1.807) is 12.1 Å². The highest BCUT2D eigenvalue weighted by Gasteiger charge is 2.31. The van der Waals surface area contributed by atoms with Gasteiger partial charge in [0.2, 0.25) is 17.7 Å². The third-order valence-electron chi connectivity index (χ3n) is 6.10. The number of carboxylic acids is 1. The Morgan fingerprint density at radius 2 is 1.41 bits per heavy atom. The van der Waals surface area contributed by atoms with E-state index >= 15 is 0 Å². The molecule has 0 aliphatic carbocycles. The largest absolute Gasteiger partial charge is 0.508 e. The maximum absolute atomic E-state index is 13.4. The van der Waals surface area contributed by atoms with Crippen molar-refractivity contribution in [1.82, 2.24) is 21.3 Å². The summed E-state index contributed by atoms with van der Waals surface area (Å²) in [4.78, 5) is 50.5. The summed E-state index contributed by atoms with van der Waals surface area (Å²) in [6.07, 6.45) is 1.64. The molecule has 2 aromatic rings. The van der Waals surface area contributed by atoms with Crippen molar-refractivity contribution in [2.24, 2.45) is 0 Å². The summed E-state index contributed by atoms with van der Waals surface area (Å²) >= 11 is 0. The first-order chi connectivity index (χ1) is 17.8. The second kappa shape index (κ2) is 13.4. The van der Waals surface area contributed by atoms with Crippen molar-refractivity contribution in [2.45, 2.75) is 49.9 Å². The van der Waals surface area contributed by atoms with Gasteiger partial charge in [-0.3, -0.25) is 14.4 Å². The zero-order valence-corrected chi connectivity index (χ0v) is 20.2. The van der Waals surface area contributed by atoms with Crippen LogP contribution in [-0.4, -0.2) is 76.3 Å². The molecule has 4 atom stereocenters. The Morgan fingerprint density at radius 3 is 1.95 bits per heavy atom. The van der Waals surface area contributed by atoms with E-state index in [-0.39, 0.29) is 24.5 Å². The molecular formula is C26H32N4O7. The summed E-state index contributed by atoms with van der Waals surface area (Å²) in [6, 6.07) is 10.9. The lowest BCUT2D eigenvalue weighted by atomic mass is 10.0. The Balaban J connectivity index is 1.81. The summed E-state index contributed by atoms with van der Waals surface area (Å²) in [5, 5.41) is 38.8. The number of carbonyl (C=O) groups is 4. The topological polar surface area (TPSA) is 177 Å². The molecule has 0 radical (unpaired) electrons. The van der Waals surface area contributed by atoms with Gasteiger partial charge in [0.25, 0.3) is 0 Å². The summed E-state index contributed by atoms with van der Waals surface area (Å²) in [6.45, 7) is -0.125. The maximum Gasteiger partial charge on any atom is 0.328 e. The van der Waals surface area contributed by atoms with E-state index in [2.05, 4.69) is 21.3 Å². The van der Waals surface area contributed by atoms with Crippen molar-refractivity contribution in [2.75, 3.05) is 13.2 Å². The van der Waals surface area contributed by atoms with Crippen molar-refractivity contribution < 1.29 is 34.5 Å². The van der Waals surface area contributed by atoms with Gasteiger partial charge in [0.1, 0.15) is 23.9 Å².